The van der Waals surface area contributed by atoms with Gasteiger partial charge < -0.3 is 20.7 Å². The summed E-state index contributed by atoms with van der Waals surface area (Å²) in [5.74, 6) is -0.507. The summed E-state index contributed by atoms with van der Waals surface area (Å²) in [6.07, 6.45) is 7.97. The number of benzene rings is 2. The van der Waals surface area contributed by atoms with E-state index in [9.17, 15) is 18.8 Å². The highest BCUT2D eigenvalue weighted by Gasteiger charge is 2.41. The first-order valence-corrected chi connectivity index (χ1v) is 15.0. The van der Waals surface area contributed by atoms with Gasteiger partial charge in [0.2, 0.25) is 17.7 Å². The molecule has 42 heavy (non-hydrogen) atoms. The zero-order chi connectivity index (χ0) is 29.4. The molecule has 2 aromatic rings. The number of ether oxygens (including phenoxy) is 1. The van der Waals surface area contributed by atoms with Gasteiger partial charge in [-0.25, -0.2) is 4.39 Å². The van der Waals surface area contributed by atoms with Gasteiger partial charge in [0.15, 0.2) is 0 Å². The summed E-state index contributed by atoms with van der Waals surface area (Å²) in [4.78, 5) is 42.3. The van der Waals surface area contributed by atoms with E-state index in [1.807, 2.05) is 30.3 Å². The average Bonchev–Trinajstić information content (AvgIpc) is 3.00. The first kappa shape index (κ1) is 29.9. The van der Waals surface area contributed by atoms with Crippen molar-refractivity contribution in [3.8, 4) is 0 Å². The van der Waals surface area contributed by atoms with Crippen molar-refractivity contribution in [2.24, 2.45) is 11.3 Å². The lowest BCUT2D eigenvalue weighted by Crippen LogP contribution is -2.58. The van der Waals surface area contributed by atoms with Crippen LogP contribution in [0.15, 0.2) is 66.7 Å². The summed E-state index contributed by atoms with van der Waals surface area (Å²) in [6.45, 7) is 3.01. The fourth-order valence-corrected chi connectivity index (χ4v) is 6.26. The van der Waals surface area contributed by atoms with Crippen molar-refractivity contribution in [2.45, 2.75) is 57.2 Å². The van der Waals surface area contributed by atoms with E-state index in [2.05, 4.69) is 33.0 Å². The monoisotopic (exact) mass is 576 g/mol. The Balaban J connectivity index is 1.27. The smallest absolute Gasteiger partial charge is 0.243 e. The van der Waals surface area contributed by atoms with E-state index in [0.29, 0.717) is 65.0 Å². The Morgan fingerprint density at radius 1 is 1.00 bits per heavy atom. The number of nitrogens with one attached hydrogen (secondary N) is 3. The van der Waals surface area contributed by atoms with Gasteiger partial charge in [0, 0.05) is 45.3 Å². The fraction of sp³-hybridized carbons (Fsp3) is 0.485. The molecule has 8 nitrogen and oxygen atoms in total. The van der Waals surface area contributed by atoms with Crippen LogP contribution in [0.3, 0.4) is 0 Å². The quantitative estimate of drug-likeness (QED) is 0.459. The second kappa shape index (κ2) is 14.1. The van der Waals surface area contributed by atoms with Gasteiger partial charge in [-0.15, -0.1) is 0 Å². The van der Waals surface area contributed by atoms with Crippen LogP contribution in [0, 0.1) is 17.2 Å². The van der Waals surface area contributed by atoms with Crippen molar-refractivity contribution in [1.82, 2.24) is 20.9 Å². The molecule has 3 N–H and O–H groups in total. The molecule has 3 aliphatic heterocycles. The Morgan fingerprint density at radius 2 is 1.76 bits per heavy atom. The number of halogens is 1. The van der Waals surface area contributed by atoms with Crippen molar-refractivity contribution in [2.75, 3.05) is 32.8 Å². The van der Waals surface area contributed by atoms with Gasteiger partial charge in [-0.3, -0.25) is 19.3 Å². The molecule has 3 amide bonds. The second-order valence-corrected chi connectivity index (χ2v) is 11.8. The Morgan fingerprint density at radius 3 is 2.52 bits per heavy atom. The van der Waals surface area contributed by atoms with Crippen LogP contribution in [0.5, 0.6) is 0 Å². The molecule has 3 heterocycles. The molecule has 3 aliphatic rings. The topological polar surface area (TPSA) is 99.8 Å². The number of nitrogens with zero attached hydrogens (tertiary/aromatic N) is 1. The van der Waals surface area contributed by atoms with Crippen LogP contribution >= 0.6 is 0 Å². The van der Waals surface area contributed by atoms with Gasteiger partial charge >= 0.3 is 0 Å². The Labute approximate surface area is 247 Å². The molecule has 9 heteroatoms. The molecule has 2 fully saturated rings. The molecular weight excluding hydrogens is 535 g/mol. The molecule has 2 saturated heterocycles. The number of hydrogen-bond acceptors (Lipinski definition) is 5. The molecule has 0 radical (unpaired) electrons. The fourth-order valence-electron chi connectivity index (χ4n) is 6.26. The number of carbonyl (C=O) groups is 3. The van der Waals surface area contributed by atoms with Crippen LogP contribution in [-0.2, 0) is 32.1 Å². The second-order valence-electron chi connectivity index (χ2n) is 11.8. The van der Waals surface area contributed by atoms with E-state index < -0.39 is 11.5 Å². The highest BCUT2D eigenvalue weighted by Crippen LogP contribution is 2.36. The summed E-state index contributed by atoms with van der Waals surface area (Å²) < 4.78 is 18.8. The van der Waals surface area contributed by atoms with Gasteiger partial charge in [0.25, 0.3) is 0 Å². The predicted octanol–water partition coefficient (Wildman–Crippen LogP) is 3.12. The maximum atomic E-state index is 13.7. The Bertz CT molecular complexity index is 1250. The van der Waals surface area contributed by atoms with Crippen LogP contribution in [0.2, 0.25) is 0 Å². The molecule has 0 aliphatic carbocycles. The summed E-state index contributed by atoms with van der Waals surface area (Å²) in [5, 5.41) is 9.33. The van der Waals surface area contributed by atoms with Crippen molar-refractivity contribution in [1.29, 1.82) is 0 Å². The molecule has 1 spiro atoms. The largest absolute Gasteiger partial charge is 0.381 e. The molecule has 3 atom stereocenters. The number of rotatable bonds is 6. The number of piperidine rings is 1. The minimum absolute atomic E-state index is 0.0627. The zero-order valence-electron chi connectivity index (χ0n) is 24.0. The Hall–Kier alpha value is -3.56. The Kier molecular flexibility index (Phi) is 10.0. The summed E-state index contributed by atoms with van der Waals surface area (Å²) in [5.41, 5.74) is 1.24. The average molecular weight is 577 g/mol. The molecule has 0 bridgehead atoms. The molecule has 0 aromatic heterocycles. The molecule has 2 aromatic carbocycles. The first-order valence-electron chi connectivity index (χ1n) is 15.0. The summed E-state index contributed by atoms with van der Waals surface area (Å²) in [6, 6.07) is 15.1. The minimum atomic E-state index is -0.682. The van der Waals surface area contributed by atoms with Crippen molar-refractivity contribution in [3.05, 3.63) is 83.7 Å². The maximum Gasteiger partial charge on any atom is 0.243 e. The van der Waals surface area contributed by atoms with Crippen LogP contribution in [0.4, 0.5) is 4.39 Å². The van der Waals surface area contributed by atoms with Gasteiger partial charge in [0.1, 0.15) is 11.9 Å². The lowest BCUT2D eigenvalue weighted by atomic mass is 9.75. The third-order valence-electron chi connectivity index (χ3n) is 8.87. The van der Waals surface area contributed by atoms with E-state index in [0.717, 1.165) is 17.5 Å². The lowest BCUT2D eigenvalue weighted by molar-refractivity contribution is -0.140. The zero-order valence-corrected chi connectivity index (χ0v) is 24.0. The third kappa shape index (κ3) is 7.83. The number of hydrogen-bond donors (Lipinski definition) is 3. The molecule has 0 saturated carbocycles. The molecule has 5 rings (SSSR count). The van der Waals surface area contributed by atoms with E-state index in [-0.39, 0.29) is 42.0 Å². The van der Waals surface area contributed by atoms with Crippen LogP contribution in [-0.4, -0.2) is 67.6 Å². The van der Waals surface area contributed by atoms with Gasteiger partial charge in [-0.2, -0.15) is 0 Å². The lowest BCUT2D eigenvalue weighted by Gasteiger charge is -2.40. The van der Waals surface area contributed by atoms with Gasteiger partial charge in [-0.05, 0) is 61.3 Å². The molecule has 0 unspecified atom stereocenters. The normalized spacial score (nSPS) is 25.7. The minimum Gasteiger partial charge on any atom is -0.381 e. The van der Waals surface area contributed by atoms with Crippen molar-refractivity contribution >= 4 is 17.7 Å². The number of amides is 3. The van der Waals surface area contributed by atoms with E-state index in [1.165, 1.54) is 12.1 Å². The third-order valence-corrected chi connectivity index (χ3v) is 8.87. The highest BCUT2D eigenvalue weighted by atomic mass is 19.1. The van der Waals surface area contributed by atoms with Crippen molar-refractivity contribution in [3.63, 3.8) is 0 Å². The van der Waals surface area contributed by atoms with Gasteiger partial charge in [0.05, 0.1) is 12.0 Å². The summed E-state index contributed by atoms with van der Waals surface area (Å²) in [7, 11) is 0. The van der Waals surface area contributed by atoms with Crippen LogP contribution in [0.1, 0.15) is 43.2 Å². The maximum absolute atomic E-state index is 13.7. The number of likely N-dealkylation sites (tertiary alicyclic amines) is 1. The molecular formula is C33H41FN4O4. The van der Waals surface area contributed by atoms with E-state index in [1.54, 1.807) is 12.1 Å². The van der Waals surface area contributed by atoms with E-state index >= 15 is 0 Å². The molecule has 224 valence electrons. The highest BCUT2D eigenvalue weighted by molar-refractivity contribution is 5.90. The first-order chi connectivity index (χ1) is 20.4. The predicted molar refractivity (Wildman–Crippen MR) is 158 cm³/mol. The summed E-state index contributed by atoms with van der Waals surface area (Å²) >= 11 is 0. The number of carbonyl (C=O) groups excluding carboxylic acids is 3. The van der Waals surface area contributed by atoms with Crippen LogP contribution in [0.25, 0.3) is 0 Å². The number of fused-ring (bicyclic) bond motifs is 1. The van der Waals surface area contributed by atoms with Gasteiger partial charge in [-0.1, -0.05) is 54.6 Å². The van der Waals surface area contributed by atoms with Crippen molar-refractivity contribution < 1.29 is 23.5 Å². The number of allylic oxidation sites excluding steroid dienone is 2. The SMILES string of the molecule is O=C(CN1CC[C@@H]2NC(=O)[C@@H](Cc3ccccc3)NC(=O)C3(C/C=C/C[C@@H]2C1)CCOCC3)NCc1ccc(F)cc1. The van der Waals surface area contributed by atoms with E-state index in [4.69, 9.17) is 4.74 Å². The van der Waals surface area contributed by atoms with Crippen LogP contribution < -0.4 is 16.0 Å². The standard InChI is InChI=1S/C33H41FN4O4/c34-27-11-9-25(10-12-27)21-35-30(39)23-38-17-13-28-26(22-38)8-4-5-14-33(15-18-42-19-16-33)32(41)37-29(31(40)36-28)20-24-6-2-1-3-7-24/h1-7,9-12,26,28-29H,8,13-23H2,(H,35,39)(H,36,40)(H,37,41)/b5-4+/t26-,28+,29-/m1/s1.